The van der Waals surface area contributed by atoms with Gasteiger partial charge < -0.3 is 24.2 Å². The maximum Gasteiger partial charge on any atom is 0.416 e. The van der Waals surface area contributed by atoms with Crippen molar-refractivity contribution in [1.82, 2.24) is 9.80 Å². The van der Waals surface area contributed by atoms with Gasteiger partial charge in [-0.1, -0.05) is 30.0 Å². The normalized spacial score (nSPS) is 14.6. The van der Waals surface area contributed by atoms with E-state index in [2.05, 4.69) is 0 Å². The number of methoxy groups -OCH3 is 1. The van der Waals surface area contributed by atoms with Gasteiger partial charge in [-0.15, -0.1) is 0 Å². The van der Waals surface area contributed by atoms with Crippen molar-refractivity contribution in [2.45, 2.75) is 18.8 Å². The van der Waals surface area contributed by atoms with Gasteiger partial charge in [0.2, 0.25) is 0 Å². The minimum Gasteiger partial charge on any atom is -0.493 e. The number of hydrogen-bond acceptors (Lipinski definition) is 8. The molecule has 0 unspecified atom stereocenters. The number of thioether (sulfide) groups is 1. The zero-order chi connectivity index (χ0) is 36.1. The fourth-order valence-corrected chi connectivity index (χ4v) is 5.89. The van der Waals surface area contributed by atoms with Gasteiger partial charge in [0.1, 0.15) is 16.7 Å². The highest BCUT2D eigenvalue weighted by molar-refractivity contribution is 8.26. The van der Waals surface area contributed by atoms with Crippen LogP contribution >= 0.6 is 24.0 Å². The van der Waals surface area contributed by atoms with Gasteiger partial charge in [-0.25, -0.2) is 4.79 Å². The Labute approximate surface area is 287 Å². The first-order chi connectivity index (χ1) is 23.0. The molecule has 3 aromatic carbocycles. The maximum atomic E-state index is 13.6. The zero-order valence-electron chi connectivity index (χ0n) is 26.3. The molecule has 0 aliphatic carbocycles. The first kappa shape index (κ1) is 37.5. The summed E-state index contributed by atoms with van der Waals surface area (Å²) in [4.78, 5) is 28.0. The zero-order valence-corrected chi connectivity index (χ0v) is 27.9. The third-order valence-corrected chi connectivity index (χ3v) is 8.46. The minimum absolute atomic E-state index is 0.0197. The Morgan fingerprint density at radius 3 is 2.12 bits per heavy atom. The van der Waals surface area contributed by atoms with Crippen LogP contribution in [0.5, 0.6) is 17.2 Å². The lowest BCUT2D eigenvalue weighted by molar-refractivity contribution is -0.143. The molecule has 16 heteroatoms. The average Bonchev–Trinajstić information content (AvgIpc) is 3.29. The van der Waals surface area contributed by atoms with E-state index in [1.54, 1.807) is 0 Å². The van der Waals surface area contributed by atoms with Crippen molar-refractivity contribution in [2.24, 2.45) is 0 Å². The van der Waals surface area contributed by atoms with E-state index < -0.39 is 35.4 Å². The number of benzene rings is 3. The van der Waals surface area contributed by atoms with Crippen LogP contribution < -0.4 is 14.2 Å². The lowest BCUT2D eigenvalue weighted by Crippen LogP contribution is -2.30. The molecule has 4 rings (SSSR count). The van der Waals surface area contributed by atoms with Gasteiger partial charge in [0.25, 0.3) is 5.91 Å². The fraction of sp³-hybridized carbons (Fsp3) is 0.303. The summed E-state index contributed by atoms with van der Waals surface area (Å²) in [5.74, 6) is -0.796. The molecule has 262 valence electrons. The smallest absolute Gasteiger partial charge is 0.416 e. The lowest BCUT2D eigenvalue weighted by Gasteiger charge is -2.17. The van der Waals surface area contributed by atoms with Gasteiger partial charge in [0.05, 0.1) is 35.3 Å². The molecule has 3 aromatic rings. The lowest BCUT2D eigenvalue weighted by atomic mass is 9.97. The third kappa shape index (κ3) is 9.67. The Bertz CT molecular complexity index is 1730. The van der Waals surface area contributed by atoms with Crippen molar-refractivity contribution in [3.8, 4) is 28.4 Å². The molecule has 0 aromatic heterocycles. The van der Waals surface area contributed by atoms with Crippen LogP contribution in [0.2, 0.25) is 0 Å². The van der Waals surface area contributed by atoms with Gasteiger partial charge >= 0.3 is 18.3 Å². The standard InChI is InChI=1S/C33H30F6N2O6S2/c1-40(2)10-12-47-25-7-5-19(21-14-23(32(34,35)36)18-24(15-21)33(37,38)39)13-22(25)17-28-29(42)41(31(48)49-28)9-4-11-46-26-8-6-20(30(43)44)16-27(26)45-3/h5-8,13-18H,4,9-12H2,1-3H3,(H,43,44)/b28-17-. The Hall–Kier alpha value is -4.28. The van der Waals surface area contributed by atoms with Gasteiger partial charge in [0, 0.05) is 18.7 Å². The number of carbonyl (C=O) groups is 2. The number of halogens is 6. The summed E-state index contributed by atoms with van der Waals surface area (Å²) in [6.07, 6.45) is -8.28. The number of carboxylic acid groups (broad SMARTS) is 1. The number of nitrogens with zero attached hydrogens (tertiary/aromatic N) is 2. The summed E-state index contributed by atoms with van der Waals surface area (Å²) in [5, 5.41) is 9.17. The van der Waals surface area contributed by atoms with E-state index in [1.165, 1.54) is 54.5 Å². The second-order valence-corrected chi connectivity index (χ2v) is 12.6. The van der Waals surface area contributed by atoms with E-state index in [1.807, 2.05) is 19.0 Å². The highest BCUT2D eigenvalue weighted by atomic mass is 32.2. The van der Waals surface area contributed by atoms with E-state index in [-0.39, 0.29) is 68.8 Å². The van der Waals surface area contributed by atoms with E-state index in [4.69, 9.17) is 26.4 Å². The molecule has 1 heterocycles. The number of thiocarbonyl (C=S) groups is 1. The molecule has 0 bridgehead atoms. The predicted molar refractivity (Wildman–Crippen MR) is 176 cm³/mol. The Morgan fingerprint density at radius 1 is 0.898 bits per heavy atom. The van der Waals surface area contributed by atoms with E-state index in [0.717, 1.165) is 11.8 Å². The number of ether oxygens (including phenoxy) is 3. The van der Waals surface area contributed by atoms with Crippen LogP contribution in [0.3, 0.4) is 0 Å². The first-order valence-electron chi connectivity index (χ1n) is 14.5. The summed E-state index contributed by atoms with van der Waals surface area (Å²) in [7, 11) is 5.01. The van der Waals surface area contributed by atoms with Crippen molar-refractivity contribution in [3.63, 3.8) is 0 Å². The van der Waals surface area contributed by atoms with Gasteiger partial charge in [-0.3, -0.25) is 9.69 Å². The van der Waals surface area contributed by atoms with Crippen LogP contribution in [0.25, 0.3) is 17.2 Å². The molecule has 1 saturated heterocycles. The largest absolute Gasteiger partial charge is 0.493 e. The summed E-state index contributed by atoms with van der Waals surface area (Å²) in [6, 6.07) is 9.63. The number of likely N-dealkylation sites (N-methyl/N-ethyl adjacent to an activating group) is 1. The molecular formula is C33H30F6N2O6S2. The van der Waals surface area contributed by atoms with Crippen molar-refractivity contribution in [1.29, 1.82) is 0 Å². The molecule has 1 aliphatic rings. The molecule has 0 spiro atoms. The Kier molecular flexibility index (Phi) is 11.9. The van der Waals surface area contributed by atoms with Crippen LogP contribution in [0, 0.1) is 0 Å². The second-order valence-electron chi connectivity index (χ2n) is 10.9. The number of alkyl halides is 6. The quantitative estimate of drug-likeness (QED) is 0.0824. The SMILES string of the molecule is COc1cc(C(=O)O)ccc1OCCCN1C(=O)/C(=C/c2cc(-c3cc(C(F)(F)F)cc(C(F)(F)F)c3)ccc2OCCN(C)C)SC1=S. The highest BCUT2D eigenvalue weighted by Gasteiger charge is 2.37. The number of carboxylic acids is 1. The number of rotatable bonds is 13. The number of hydrogen-bond donors (Lipinski definition) is 1. The Balaban J connectivity index is 1.58. The summed E-state index contributed by atoms with van der Waals surface area (Å²) in [6.45, 7) is 0.999. The molecule has 0 radical (unpaired) electrons. The highest BCUT2D eigenvalue weighted by Crippen LogP contribution is 2.40. The molecule has 0 saturated carbocycles. The van der Waals surface area contributed by atoms with Crippen LogP contribution in [-0.4, -0.2) is 78.6 Å². The fourth-order valence-electron chi connectivity index (χ4n) is 4.59. The molecule has 49 heavy (non-hydrogen) atoms. The summed E-state index contributed by atoms with van der Waals surface area (Å²) in [5.41, 5.74) is -2.91. The number of carbonyl (C=O) groups excluding carboxylic acids is 1. The van der Waals surface area contributed by atoms with Gasteiger partial charge in [0.15, 0.2) is 11.5 Å². The number of amides is 1. The average molecular weight is 729 g/mol. The molecule has 1 N–H and O–H groups in total. The Morgan fingerprint density at radius 2 is 1.53 bits per heavy atom. The first-order valence-corrected chi connectivity index (χ1v) is 15.7. The van der Waals surface area contributed by atoms with Gasteiger partial charge in [-0.05, 0) is 86.3 Å². The van der Waals surface area contributed by atoms with Crippen molar-refractivity contribution in [3.05, 3.63) is 81.8 Å². The predicted octanol–water partition coefficient (Wildman–Crippen LogP) is 7.71. The summed E-state index contributed by atoms with van der Waals surface area (Å²) < 4.78 is 98.4. The topological polar surface area (TPSA) is 88.5 Å². The molecule has 0 atom stereocenters. The van der Waals surface area contributed by atoms with Crippen molar-refractivity contribution in [2.75, 3.05) is 47.5 Å². The van der Waals surface area contributed by atoms with Crippen molar-refractivity contribution < 1.29 is 55.2 Å². The van der Waals surface area contributed by atoms with E-state index in [0.29, 0.717) is 30.8 Å². The van der Waals surface area contributed by atoms with E-state index in [9.17, 15) is 41.0 Å². The molecule has 8 nitrogen and oxygen atoms in total. The van der Waals surface area contributed by atoms with Gasteiger partial charge in [-0.2, -0.15) is 26.3 Å². The molecule has 1 amide bonds. The minimum atomic E-state index is -5.02. The second kappa shape index (κ2) is 15.5. The molecule has 1 aliphatic heterocycles. The van der Waals surface area contributed by atoms with Crippen LogP contribution in [0.1, 0.15) is 33.5 Å². The van der Waals surface area contributed by atoms with Crippen LogP contribution in [-0.2, 0) is 17.1 Å². The summed E-state index contributed by atoms with van der Waals surface area (Å²) >= 11 is 6.41. The van der Waals surface area contributed by atoms with Crippen LogP contribution in [0.4, 0.5) is 26.3 Å². The third-order valence-electron chi connectivity index (χ3n) is 7.08. The number of aromatic carboxylic acids is 1. The monoisotopic (exact) mass is 728 g/mol. The maximum absolute atomic E-state index is 13.6. The van der Waals surface area contributed by atoms with Crippen LogP contribution in [0.15, 0.2) is 59.5 Å². The molecular weight excluding hydrogens is 698 g/mol. The molecule has 1 fully saturated rings. The van der Waals surface area contributed by atoms with Crippen molar-refractivity contribution >= 4 is 46.3 Å². The van der Waals surface area contributed by atoms with E-state index >= 15 is 0 Å².